The third-order valence-corrected chi connectivity index (χ3v) is 3.95. The number of hydrogen-bond donors (Lipinski definition) is 1. The second-order valence-electron chi connectivity index (χ2n) is 5.32. The Balaban J connectivity index is 1.88. The molecular weight excluding hydrogens is 356 g/mol. The molecule has 23 heavy (non-hydrogen) atoms. The Bertz CT molecular complexity index is 699. The van der Waals surface area contributed by atoms with Crippen molar-refractivity contribution < 1.29 is 9.63 Å². The van der Waals surface area contributed by atoms with Crippen LogP contribution < -0.4 is 5.32 Å². The highest BCUT2D eigenvalue weighted by molar-refractivity contribution is 9.10. The molecule has 0 aliphatic carbocycles. The molecule has 0 radical (unpaired) electrons. The van der Waals surface area contributed by atoms with E-state index in [1.54, 1.807) is 6.21 Å². The van der Waals surface area contributed by atoms with Crippen molar-refractivity contribution in [1.29, 1.82) is 0 Å². The summed E-state index contributed by atoms with van der Waals surface area (Å²) in [6.45, 7) is 4.04. The minimum absolute atomic E-state index is 0.132. The molecule has 0 aromatic heterocycles. The van der Waals surface area contributed by atoms with Crippen LogP contribution in [0.3, 0.4) is 0 Å². The molecule has 0 unspecified atom stereocenters. The summed E-state index contributed by atoms with van der Waals surface area (Å²) in [5.74, 6) is 0.100. The van der Waals surface area contributed by atoms with Crippen molar-refractivity contribution in [1.82, 2.24) is 0 Å². The lowest BCUT2D eigenvalue weighted by Crippen LogP contribution is -2.18. The molecule has 1 N–H and O–H groups in total. The van der Waals surface area contributed by atoms with Crippen molar-refractivity contribution in [2.24, 2.45) is 5.16 Å². The molecule has 2 aromatic carbocycles. The number of carbonyl (C=O) groups is 1. The summed E-state index contributed by atoms with van der Waals surface area (Å²) in [5.41, 5.74) is 2.79. The second kappa shape index (κ2) is 8.48. The summed E-state index contributed by atoms with van der Waals surface area (Å²) in [5, 5.41) is 6.68. The molecule has 0 heterocycles. The number of carbonyl (C=O) groups excluding carboxylic acids is 1. The van der Waals surface area contributed by atoms with E-state index < -0.39 is 0 Å². The van der Waals surface area contributed by atoms with Crippen LogP contribution in [-0.4, -0.2) is 18.7 Å². The lowest BCUT2D eigenvalue weighted by Gasteiger charge is -2.13. The molecule has 5 heteroatoms. The molecule has 0 spiro atoms. The van der Waals surface area contributed by atoms with Crippen LogP contribution in [0.1, 0.15) is 30.9 Å². The van der Waals surface area contributed by atoms with Crippen LogP contribution in [0.25, 0.3) is 0 Å². The van der Waals surface area contributed by atoms with E-state index in [0.29, 0.717) is 5.92 Å². The number of rotatable bonds is 6. The van der Waals surface area contributed by atoms with Crippen molar-refractivity contribution in [3.8, 4) is 0 Å². The Morgan fingerprint density at radius 3 is 2.65 bits per heavy atom. The van der Waals surface area contributed by atoms with Gasteiger partial charge < -0.3 is 10.2 Å². The van der Waals surface area contributed by atoms with Crippen LogP contribution in [-0.2, 0) is 9.63 Å². The van der Waals surface area contributed by atoms with Gasteiger partial charge in [-0.3, -0.25) is 4.79 Å². The molecule has 120 valence electrons. The van der Waals surface area contributed by atoms with Gasteiger partial charge in [0.25, 0.3) is 5.91 Å². The Morgan fingerprint density at radius 1 is 1.22 bits per heavy atom. The summed E-state index contributed by atoms with van der Waals surface area (Å²) in [6.07, 6.45) is 1.57. The first-order valence-corrected chi connectivity index (χ1v) is 8.16. The molecule has 0 aliphatic heterocycles. The summed E-state index contributed by atoms with van der Waals surface area (Å²) in [7, 11) is 0. The van der Waals surface area contributed by atoms with Crippen molar-refractivity contribution in [2.45, 2.75) is 19.8 Å². The van der Waals surface area contributed by atoms with Gasteiger partial charge >= 0.3 is 0 Å². The molecule has 1 amide bonds. The highest BCUT2D eigenvalue weighted by atomic mass is 79.9. The van der Waals surface area contributed by atoms with E-state index in [2.05, 4.69) is 40.2 Å². The first-order valence-electron chi connectivity index (χ1n) is 7.36. The van der Waals surface area contributed by atoms with Crippen LogP contribution in [0.5, 0.6) is 0 Å². The smallest absolute Gasteiger partial charge is 0.265 e. The fraction of sp³-hybridized carbons (Fsp3) is 0.222. The fourth-order valence-electron chi connectivity index (χ4n) is 2.07. The third-order valence-electron chi connectivity index (χ3n) is 3.22. The Hall–Kier alpha value is -2.14. The number of para-hydroxylation sites is 1. The summed E-state index contributed by atoms with van der Waals surface area (Å²) in [4.78, 5) is 17.0. The lowest BCUT2D eigenvalue weighted by molar-refractivity contribution is -0.120. The van der Waals surface area contributed by atoms with Crippen LogP contribution in [0.4, 0.5) is 5.69 Å². The number of halogens is 1. The topological polar surface area (TPSA) is 50.7 Å². The highest BCUT2D eigenvalue weighted by Crippen LogP contribution is 2.23. The minimum Gasteiger partial charge on any atom is -0.386 e. The Morgan fingerprint density at radius 2 is 1.91 bits per heavy atom. The molecule has 0 saturated heterocycles. The van der Waals surface area contributed by atoms with E-state index in [1.807, 2.05) is 48.5 Å². The zero-order chi connectivity index (χ0) is 16.7. The van der Waals surface area contributed by atoms with E-state index in [-0.39, 0.29) is 12.5 Å². The third kappa shape index (κ3) is 5.21. The van der Waals surface area contributed by atoms with Gasteiger partial charge in [0, 0.05) is 15.7 Å². The summed E-state index contributed by atoms with van der Waals surface area (Å²) < 4.78 is 0.919. The van der Waals surface area contributed by atoms with Gasteiger partial charge in [-0.1, -0.05) is 71.3 Å². The monoisotopic (exact) mass is 374 g/mol. The van der Waals surface area contributed by atoms with Gasteiger partial charge in [-0.15, -0.1) is 0 Å². The van der Waals surface area contributed by atoms with Crippen LogP contribution >= 0.6 is 15.9 Å². The van der Waals surface area contributed by atoms with Crippen molar-refractivity contribution >= 4 is 33.7 Å². The van der Waals surface area contributed by atoms with E-state index in [9.17, 15) is 4.79 Å². The second-order valence-corrected chi connectivity index (χ2v) is 6.17. The first kappa shape index (κ1) is 17.2. The number of oxime groups is 1. The van der Waals surface area contributed by atoms with Gasteiger partial charge in [0.1, 0.15) is 0 Å². The van der Waals surface area contributed by atoms with Gasteiger partial charge in [0.15, 0.2) is 6.61 Å². The predicted molar refractivity (Wildman–Crippen MR) is 96.8 cm³/mol. The summed E-state index contributed by atoms with van der Waals surface area (Å²) in [6, 6.07) is 15.4. The largest absolute Gasteiger partial charge is 0.386 e. The zero-order valence-corrected chi connectivity index (χ0v) is 14.7. The molecule has 0 fully saturated rings. The van der Waals surface area contributed by atoms with E-state index >= 15 is 0 Å². The van der Waals surface area contributed by atoms with E-state index in [4.69, 9.17) is 4.84 Å². The number of amides is 1. The Labute approximate surface area is 144 Å². The number of hydrogen-bond acceptors (Lipinski definition) is 3. The fourth-order valence-corrected chi connectivity index (χ4v) is 2.46. The quantitative estimate of drug-likeness (QED) is 0.594. The van der Waals surface area contributed by atoms with Crippen molar-refractivity contribution in [2.75, 3.05) is 11.9 Å². The molecule has 2 rings (SSSR count). The predicted octanol–water partition coefficient (Wildman–Crippen LogP) is 4.56. The molecule has 0 aliphatic rings. The average Bonchev–Trinajstić information content (AvgIpc) is 2.53. The molecule has 4 nitrogen and oxygen atoms in total. The maximum Gasteiger partial charge on any atom is 0.265 e. The van der Waals surface area contributed by atoms with Crippen molar-refractivity contribution in [3.05, 3.63) is 64.1 Å². The normalized spacial score (nSPS) is 11.0. The van der Waals surface area contributed by atoms with Gasteiger partial charge in [0.05, 0.1) is 6.21 Å². The highest BCUT2D eigenvalue weighted by Gasteiger charge is 2.09. The number of benzene rings is 2. The maximum absolute atomic E-state index is 11.9. The van der Waals surface area contributed by atoms with Crippen molar-refractivity contribution in [3.63, 3.8) is 0 Å². The van der Waals surface area contributed by atoms with E-state index in [0.717, 1.165) is 21.3 Å². The zero-order valence-electron chi connectivity index (χ0n) is 13.1. The summed E-state index contributed by atoms with van der Waals surface area (Å²) >= 11 is 3.42. The van der Waals surface area contributed by atoms with Gasteiger partial charge in [-0.05, 0) is 23.6 Å². The standard InChI is InChI=1S/C18H19BrN2O2/c1-13(2)15-8-4-6-10-17(15)21-18(22)12-23-20-11-14-7-3-5-9-16(14)19/h3-11,13H,12H2,1-2H3,(H,21,22)/b20-11-. The number of nitrogens with one attached hydrogen (secondary N) is 1. The molecule has 0 saturated carbocycles. The minimum atomic E-state index is -0.234. The van der Waals surface area contributed by atoms with Crippen LogP contribution in [0.15, 0.2) is 58.2 Å². The molecular formula is C18H19BrN2O2. The van der Waals surface area contributed by atoms with Crippen LogP contribution in [0, 0.1) is 0 Å². The Kier molecular flexibility index (Phi) is 6.35. The lowest BCUT2D eigenvalue weighted by atomic mass is 10.0. The number of anilines is 1. The number of nitrogens with zero attached hydrogens (tertiary/aromatic N) is 1. The van der Waals surface area contributed by atoms with E-state index in [1.165, 1.54) is 0 Å². The first-order chi connectivity index (χ1) is 11.1. The average molecular weight is 375 g/mol. The van der Waals surface area contributed by atoms with Crippen LogP contribution in [0.2, 0.25) is 0 Å². The molecule has 0 bridgehead atoms. The van der Waals surface area contributed by atoms with Gasteiger partial charge in [-0.25, -0.2) is 0 Å². The van der Waals surface area contributed by atoms with Gasteiger partial charge in [0.2, 0.25) is 0 Å². The molecule has 2 aromatic rings. The molecule has 0 atom stereocenters. The maximum atomic E-state index is 11.9. The SMILES string of the molecule is CC(C)c1ccccc1NC(=O)CO/N=C\c1ccccc1Br. The van der Waals surface area contributed by atoms with Gasteiger partial charge in [-0.2, -0.15) is 0 Å².